The molecule has 0 fully saturated rings. The van der Waals surface area contributed by atoms with Gasteiger partial charge in [0.15, 0.2) is 5.58 Å². The Morgan fingerprint density at radius 2 is 1.81 bits per heavy atom. The minimum atomic E-state index is -0.290. The Morgan fingerprint density at radius 3 is 2.52 bits per heavy atom. The zero-order valence-corrected chi connectivity index (χ0v) is 19.5. The van der Waals surface area contributed by atoms with Crippen LogP contribution in [0.25, 0.3) is 22.6 Å². The Labute approximate surface area is 194 Å². The molecule has 3 aromatic carbocycles. The van der Waals surface area contributed by atoms with Crippen molar-refractivity contribution in [2.24, 2.45) is 0 Å². The van der Waals surface area contributed by atoms with E-state index in [2.05, 4.69) is 57.1 Å². The number of carbonyl (C=O) groups excluding carboxylic acids is 1. The van der Waals surface area contributed by atoms with Crippen LogP contribution in [0.5, 0.6) is 0 Å². The first-order chi connectivity index (χ1) is 15.0. The van der Waals surface area contributed by atoms with Crippen LogP contribution >= 0.6 is 27.5 Å². The van der Waals surface area contributed by atoms with Crippen LogP contribution in [0.2, 0.25) is 5.02 Å². The number of anilines is 2. The van der Waals surface area contributed by atoms with Crippen molar-refractivity contribution in [1.82, 2.24) is 4.98 Å². The molecule has 31 heavy (non-hydrogen) atoms. The van der Waals surface area contributed by atoms with Crippen LogP contribution in [0, 0.1) is 0 Å². The van der Waals surface area contributed by atoms with Gasteiger partial charge in [0.2, 0.25) is 5.89 Å². The molecule has 1 heterocycles. The number of nitrogens with one attached hydrogen (secondary N) is 1. The molecule has 0 saturated heterocycles. The van der Waals surface area contributed by atoms with E-state index in [-0.39, 0.29) is 5.91 Å². The maximum atomic E-state index is 12.6. The maximum Gasteiger partial charge on any atom is 0.257 e. The van der Waals surface area contributed by atoms with Crippen LogP contribution in [0.15, 0.2) is 69.6 Å². The Morgan fingerprint density at radius 1 is 1.06 bits per heavy atom. The van der Waals surface area contributed by atoms with Crippen LogP contribution in [0.3, 0.4) is 0 Å². The van der Waals surface area contributed by atoms with E-state index >= 15 is 0 Å². The van der Waals surface area contributed by atoms with E-state index in [0.29, 0.717) is 33.3 Å². The molecule has 5 nitrogen and oxygen atoms in total. The van der Waals surface area contributed by atoms with E-state index in [1.54, 1.807) is 36.4 Å². The third-order valence-corrected chi connectivity index (χ3v) is 5.88. The van der Waals surface area contributed by atoms with Gasteiger partial charge in [-0.2, -0.15) is 0 Å². The number of rotatable bonds is 6. The summed E-state index contributed by atoms with van der Waals surface area (Å²) in [5.74, 6) is 0.251. The van der Waals surface area contributed by atoms with Crippen LogP contribution in [-0.4, -0.2) is 24.0 Å². The van der Waals surface area contributed by atoms with E-state index in [4.69, 9.17) is 16.0 Å². The average molecular weight is 499 g/mol. The van der Waals surface area contributed by atoms with Crippen molar-refractivity contribution in [3.63, 3.8) is 0 Å². The second-order valence-electron chi connectivity index (χ2n) is 7.00. The van der Waals surface area contributed by atoms with Gasteiger partial charge in [-0.15, -0.1) is 0 Å². The van der Waals surface area contributed by atoms with Gasteiger partial charge in [-0.05, 0) is 74.5 Å². The molecule has 0 atom stereocenters. The highest BCUT2D eigenvalue weighted by Crippen LogP contribution is 2.28. The van der Waals surface area contributed by atoms with Crippen molar-refractivity contribution < 1.29 is 9.21 Å². The van der Waals surface area contributed by atoms with Crippen molar-refractivity contribution in [1.29, 1.82) is 0 Å². The van der Waals surface area contributed by atoms with E-state index in [9.17, 15) is 4.79 Å². The highest BCUT2D eigenvalue weighted by atomic mass is 79.9. The Hall–Kier alpha value is -2.83. The second-order valence-corrected chi connectivity index (χ2v) is 8.32. The molecule has 158 valence electrons. The number of aromatic nitrogens is 1. The summed E-state index contributed by atoms with van der Waals surface area (Å²) in [6.45, 7) is 6.19. The standard InChI is InChI=1S/C24H21BrClN3O2/c1-3-29(4-2)18-9-5-15(6-10-18)24-28-21-14-17(8-12-22(21)31-24)27-23(30)19-13-16(25)7-11-20(19)26/h5-14H,3-4H2,1-2H3,(H,27,30). The average Bonchev–Trinajstić information content (AvgIpc) is 3.20. The summed E-state index contributed by atoms with van der Waals surface area (Å²) in [5.41, 5.74) is 4.40. The van der Waals surface area contributed by atoms with E-state index in [0.717, 1.165) is 23.1 Å². The number of hydrogen-bond acceptors (Lipinski definition) is 4. The molecule has 0 aliphatic rings. The van der Waals surface area contributed by atoms with Gasteiger partial charge in [-0.3, -0.25) is 4.79 Å². The number of amides is 1. The van der Waals surface area contributed by atoms with Crippen LogP contribution in [0.1, 0.15) is 24.2 Å². The summed E-state index contributed by atoms with van der Waals surface area (Å²) in [7, 11) is 0. The molecule has 0 aliphatic heterocycles. The summed E-state index contributed by atoms with van der Waals surface area (Å²) in [6.07, 6.45) is 0. The molecular weight excluding hydrogens is 478 g/mol. The molecule has 7 heteroatoms. The zero-order chi connectivity index (χ0) is 22.0. The minimum Gasteiger partial charge on any atom is -0.436 e. The van der Waals surface area contributed by atoms with E-state index in [1.807, 2.05) is 12.1 Å². The summed E-state index contributed by atoms with van der Waals surface area (Å²) in [5, 5.41) is 3.26. The maximum absolute atomic E-state index is 12.6. The molecule has 0 aliphatic carbocycles. The molecule has 0 spiro atoms. The SMILES string of the molecule is CCN(CC)c1ccc(-c2nc3cc(NC(=O)c4cc(Br)ccc4Cl)ccc3o2)cc1. The highest BCUT2D eigenvalue weighted by Gasteiger charge is 2.14. The first kappa shape index (κ1) is 21.4. The fraction of sp³-hybridized carbons (Fsp3) is 0.167. The monoisotopic (exact) mass is 497 g/mol. The van der Waals surface area contributed by atoms with Crippen LogP contribution in [0.4, 0.5) is 11.4 Å². The minimum absolute atomic E-state index is 0.290. The first-order valence-corrected chi connectivity index (χ1v) is 11.2. The van der Waals surface area contributed by atoms with Gasteiger partial charge < -0.3 is 14.6 Å². The number of benzene rings is 3. The van der Waals surface area contributed by atoms with E-state index < -0.39 is 0 Å². The fourth-order valence-electron chi connectivity index (χ4n) is 3.40. The van der Waals surface area contributed by atoms with Crippen molar-refractivity contribution in [3.8, 4) is 11.5 Å². The smallest absolute Gasteiger partial charge is 0.257 e. The number of oxazole rings is 1. The normalized spacial score (nSPS) is 11.0. The second kappa shape index (κ2) is 9.12. The lowest BCUT2D eigenvalue weighted by atomic mass is 10.2. The first-order valence-electron chi connectivity index (χ1n) is 10.0. The zero-order valence-electron chi connectivity index (χ0n) is 17.2. The van der Waals surface area contributed by atoms with Gasteiger partial charge >= 0.3 is 0 Å². The molecule has 0 saturated carbocycles. The van der Waals surface area contributed by atoms with Crippen molar-refractivity contribution in [2.75, 3.05) is 23.3 Å². The lowest BCUT2D eigenvalue weighted by molar-refractivity contribution is 0.102. The van der Waals surface area contributed by atoms with Gasteiger partial charge in [-0.25, -0.2) is 4.98 Å². The fourth-order valence-corrected chi connectivity index (χ4v) is 3.97. The van der Waals surface area contributed by atoms with Gasteiger partial charge in [0, 0.05) is 34.5 Å². The molecular formula is C24H21BrClN3O2. The third kappa shape index (κ3) is 4.60. The Balaban J connectivity index is 1.57. The van der Waals surface area contributed by atoms with Crippen LogP contribution in [-0.2, 0) is 0 Å². The molecule has 1 N–H and O–H groups in total. The largest absolute Gasteiger partial charge is 0.436 e. The molecule has 4 rings (SSSR count). The lowest BCUT2D eigenvalue weighted by Gasteiger charge is -2.20. The Kier molecular flexibility index (Phi) is 6.30. The summed E-state index contributed by atoms with van der Waals surface area (Å²) in [6, 6.07) is 18.7. The highest BCUT2D eigenvalue weighted by molar-refractivity contribution is 9.10. The van der Waals surface area contributed by atoms with Gasteiger partial charge in [0.25, 0.3) is 5.91 Å². The third-order valence-electron chi connectivity index (χ3n) is 5.06. The van der Waals surface area contributed by atoms with Gasteiger partial charge in [-0.1, -0.05) is 27.5 Å². The van der Waals surface area contributed by atoms with Gasteiger partial charge in [0.1, 0.15) is 5.52 Å². The van der Waals surface area contributed by atoms with Crippen molar-refractivity contribution >= 4 is 55.9 Å². The molecule has 4 aromatic rings. The number of halogens is 2. The predicted octanol–water partition coefficient (Wildman–Crippen LogP) is 7.01. The molecule has 0 bridgehead atoms. The molecule has 1 aromatic heterocycles. The van der Waals surface area contributed by atoms with Crippen molar-refractivity contribution in [2.45, 2.75) is 13.8 Å². The van der Waals surface area contributed by atoms with Crippen LogP contribution < -0.4 is 10.2 Å². The number of nitrogens with zero attached hydrogens (tertiary/aromatic N) is 2. The number of fused-ring (bicyclic) bond motifs is 1. The van der Waals surface area contributed by atoms with Crippen molar-refractivity contribution in [3.05, 3.63) is 75.7 Å². The lowest BCUT2D eigenvalue weighted by Crippen LogP contribution is -2.21. The van der Waals surface area contributed by atoms with Gasteiger partial charge in [0.05, 0.1) is 10.6 Å². The topological polar surface area (TPSA) is 58.4 Å². The molecule has 1 amide bonds. The Bertz CT molecular complexity index is 1230. The summed E-state index contributed by atoms with van der Waals surface area (Å²) in [4.78, 5) is 19.5. The molecule has 0 radical (unpaired) electrons. The quantitative estimate of drug-likeness (QED) is 0.311. The number of carbonyl (C=O) groups is 1. The number of hydrogen-bond donors (Lipinski definition) is 1. The molecule has 0 unspecified atom stereocenters. The predicted molar refractivity (Wildman–Crippen MR) is 130 cm³/mol. The summed E-state index contributed by atoms with van der Waals surface area (Å²) < 4.78 is 6.70. The van der Waals surface area contributed by atoms with E-state index in [1.165, 1.54) is 5.69 Å². The summed E-state index contributed by atoms with van der Waals surface area (Å²) >= 11 is 9.52.